The smallest absolute Gasteiger partial charge is 0.224 e. The number of carbonyl (C=O) groups excluding carboxylic acids is 1. The molecule has 0 aliphatic carbocycles. The lowest BCUT2D eigenvalue weighted by atomic mass is 10.2. The van der Waals surface area contributed by atoms with Crippen molar-refractivity contribution in [2.45, 2.75) is 13.0 Å². The molecule has 12 heavy (non-hydrogen) atoms. The second-order valence-electron chi connectivity index (χ2n) is 2.66. The number of aliphatic hydroxyl groups excluding tert-OH is 1. The van der Waals surface area contributed by atoms with E-state index in [1.165, 1.54) is 0 Å². The quantitative estimate of drug-likeness (QED) is 0.480. The van der Waals surface area contributed by atoms with Gasteiger partial charge in [0.1, 0.15) is 0 Å². The second kappa shape index (κ2) is 6.62. The van der Waals surface area contributed by atoms with Crippen molar-refractivity contribution in [3.63, 3.8) is 0 Å². The van der Waals surface area contributed by atoms with Crippen LogP contribution < -0.4 is 5.32 Å². The van der Waals surface area contributed by atoms with E-state index in [4.69, 9.17) is 5.11 Å². The average molecular weight is 209 g/mol. The predicted octanol–water partition coefficient (Wildman–Crippen LogP) is -0.0408. The number of carbonyl (C=O) groups is 1. The largest absolute Gasteiger partial charge is 0.392 e. The molecule has 1 atom stereocenters. The van der Waals surface area contributed by atoms with Crippen LogP contribution in [0.2, 0.25) is 0 Å². The molecule has 1 unspecified atom stereocenters. The van der Waals surface area contributed by atoms with Crippen molar-refractivity contribution in [3.05, 3.63) is 0 Å². The van der Waals surface area contributed by atoms with Gasteiger partial charge in [-0.05, 0) is 6.92 Å². The fraction of sp³-hybridized carbons (Fsp3) is 0.857. The Morgan fingerprint density at radius 1 is 1.50 bits per heavy atom. The zero-order valence-electron chi connectivity index (χ0n) is 7.03. The molecule has 5 heteroatoms. The first-order valence-corrected chi connectivity index (χ1v) is 5.05. The Balaban J connectivity index is 3.69. The summed E-state index contributed by atoms with van der Waals surface area (Å²) in [7, 11) is 0. The number of hydrogen-bond donors (Lipinski definition) is 4. The molecule has 0 fully saturated rings. The van der Waals surface area contributed by atoms with E-state index in [-0.39, 0.29) is 18.4 Å². The van der Waals surface area contributed by atoms with Crippen molar-refractivity contribution in [2.24, 2.45) is 5.92 Å². The summed E-state index contributed by atoms with van der Waals surface area (Å²) in [6.45, 7) is 1.91. The van der Waals surface area contributed by atoms with E-state index in [1.807, 2.05) is 0 Å². The minimum absolute atomic E-state index is 0.0964. The van der Waals surface area contributed by atoms with Crippen molar-refractivity contribution >= 4 is 31.2 Å². The lowest BCUT2D eigenvalue weighted by Gasteiger charge is -2.12. The summed E-state index contributed by atoms with van der Waals surface area (Å²) in [4.78, 5) is 11.2. The van der Waals surface area contributed by atoms with E-state index in [9.17, 15) is 4.79 Å². The van der Waals surface area contributed by atoms with E-state index < -0.39 is 6.10 Å². The summed E-state index contributed by atoms with van der Waals surface area (Å²) >= 11 is 8.01. The minimum atomic E-state index is -0.505. The molecule has 2 N–H and O–H groups in total. The lowest BCUT2D eigenvalue weighted by molar-refractivity contribution is -0.124. The van der Waals surface area contributed by atoms with Gasteiger partial charge < -0.3 is 10.4 Å². The van der Waals surface area contributed by atoms with Crippen LogP contribution in [0.4, 0.5) is 0 Å². The average Bonchev–Trinajstić information content (AvgIpc) is 2.03. The summed E-state index contributed by atoms with van der Waals surface area (Å²) in [5.41, 5.74) is 0. The highest BCUT2D eigenvalue weighted by Gasteiger charge is 2.14. The van der Waals surface area contributed by atoms with Gasteiger partial charge in [0.2, 0.25) is 5.91 Å². The van der Waals surface area contributed by atoms with E-state index in [2.05, 4.69) is 30.6 Å². The van der Waals surface area contributed by atoms with Crippen LogP contribution in [0.1, 0.15) is 6.92 Å². The highest BCUT2D eigenvalue weighted by atomic mass is 32.1. The predicted molar refractivity (Wildman–Crippen MR) is 55.9 cm³/mol. The Morgan fingerprint density at radius 3 is 2.33 bits per heavy atom. The first kappa shape index (κ1) is 12.1. The number of thiol groups is 2. The molecular weight excluding hydrogens is 194 g/mol. The van der Waals surface area contributed by atoms with E-state index >= 15 is 0 Å². The molecule has 3 nitrogen and oxygen atoms in total. The molecule has 0 aromatic heterocycles. The zero-order chi connectivity index (χ0) is 9.56. The topological polar surface area (TPSA) is 49.3 Å². The number of aliphatic hydroxyl groups is 1. The first-order chi connectivity index (χ1) is 5.61. The summed E-state index contributed by atoms with van der Waals surface area (Å²) < 4.78 is 0. The molecule has 0 aromatic rings. The van der Waals surface area contributed by atoms with Crippen LogP contribution in [0.5, 0.6) is 0 Å². The van der Waals surface area contributed by atoms with Crippen LogP contribution in [0.15, 0.2) is 0 Å². The van der Waals surface area contributed by atoms with Gasteiger partial charge in [0, 0.05) is 18.1 Å². The van der Waals surface area contributed by atoms with Gasteiger partial charge in [-0.3, -0.25) is 4.79 Å². The Kier molecular flexibility index (Phi) is 6.70. The van der Waals surface area contributed by atoms with Gasteiger partial charge in [0.15, 0.2) is 0 Å². The summed E-state index contributed by atoms with van der Waals surface area (Å²) in [5, 5.41) is 11.5. The third kappa shape index (κ3) is 4.90. The van der Waals surface area contributed by atoms with Gasteiger partial charge in [0.25, 0.3) is 0 Å². The van der Waals surface area contributed by atoms with Crippen LogP contribution in [-0.4, -0.2) is 35.2 Å². The third-order valence-electron chi connectivity index (χ3n) is 1.38. The maximum atomic E-state index is 11.2. The van der Waals surface area contributed by atoms with Crippen LogP contribution in [0.25, 0.3) is 0 Å². The normalized spacial score (nSPS) is 13.1. The van der Waals surface area contributed by atoms with Crippen LogP contribution in [-0.2, 0) is 4.79 Å². The Labute approximate surface area is 83.7 Å². The molecule has 0 aliphatic heterocycles. The monoisotopic (exact) mass is 209 g/mol. The highest BCUT2D eigenvalue weighted by molar-refractivity contribution is 7.81. The lowest BCUT2D eigenvalue weighted by Crippen LogP contribution is -2.36. The fourth-order valence-electron chi connectivity index (χ4n) is 0.616. The standard InChI is InChI=1S/C7H15NO2S2/c1-5(9)2-8-7(10)6(3-11)4-12/h5-6,9,11-12H,2-4H2,1H3,(H,8,10). The van der Waals surface area contributed by atoms with Crippen molar-refractivity contribution in [2.75, 3.05) is 18.1 Å². The third-order valence-corrected chi connectivity index (χ3v) is 2.26. The number of hydrogen-bond acceptors (Lipinski definition) is 4. The van der Waals surface area contributed by atoms with Gasteiger partial charge >= 0.3 is 0 Å². The Hall–Kier alpha value is 0.130. The van der Waals surface area contributed by atoms with Crippen molar-refractivity contribution in [3.8, 4) is 0 Å². The zero-order valence-corrected chi connectivity index (χ0v) is 8.81. The summed E-state index contributed by atoms with van der Waals surface area (Å²) in [5.74, 6) is 0.695. The Bertz CT molecular complexity index is 137. The number of rotatable bonds is 5. The fourth-order valence-corrected chi connectivity index (χ4v) is 1.41. The first-order valence-electron chi connectivity index (χ1n) is 3.79. The van der Waals surface area contributed by atoms with Crippen LogP contribution in [0, 0.1) is 5.92 Å². The van der Waals surface area contributed by atoms with Crippen molar-refractivity contribution in [1.29, 1.82) is 0 Å². The molecule has 0 heterocycles. The van der Waals surface area contributed by atoms with Gasteiger partial charge in [0.05, 0.1) is 12.0 Å². The second-order valence-corrected chi connectivity index (χ2v) is 3.39. The van der Waals surface area contributed by atoms with Crippen LogP contribution >= 0.6 is 25.3 Å². The summed E-state index contributed by atoms with van der Waals surface area (Å²) in [6, 6.07) is 0. The molecule has 0 radical (unpaired) electrons. The van der Waals surface area contributed by atoms with Gasteiger partial charge in [-0.1, -0.05) is 0 Å². The van der Waals surface area contributed by atoms with Crippen molar-refractivity contribution in [1.82, 2.24) is 5.32 Å². The Morgan fingerprint density at radius 2 is 2.00 bits per heavy atom. The van der Waals surface area contributed by atoms with Gasteiger partial charge in [-0.2, -0.15) is 25.3 Å². The van der Waals surface area contributed by atoms with Crippen molar-refractivity contribution < 1.29 is 9.90 Å². The molecule has 0 aromatic carbocycles. The molecule has 0 bridgehead atoms. The number of nitrogens with one attached hydrogen (secondary N) is 1. The maximum Gasteiger partial charge on any atom is 0.224 e. The van der Waals surface area contributed by atoms with Gasteiger partial charge in [-0.15, -0.1) is 0 Å². The highest BCUT2D eigenvalue weighted by Crippen LogP contribution is 2.01. The molecule has 0 rings (SSSR count). The van der Waals surface area contributed by atoms with Gasteiger partial charge in [-0.25, -0.2) is 0 Å². The molecule has 1 amide bonds. The molecule has 0 aliphatic rings. The maximum absolute atomic E-state index is 11.2. The minimum Gasteiger partial charge on any atom is -0.392 e. The number of amides is 1. The van der Waals surface area contributed by atoms with E-state index in [1.54, 1.807) is 6.92 Å². The molecule has 0 saturated carbocycles. The summed E-state index contributed by atoms with van der Waals surface area (Å²) in [6.07, 6.45) is -0.505. The molecule has 0 saturated heterocycles. The van der Waals surface area contributed by atoms with E-state index in [0.717, 1.165) is 0 Å². The van der Waals surface area contributed by atoms with E-state index in [0.29, 0.717) is 11.5 Å². The SMILES string of the molecule is CC(O)CNC(=O)C(CS)CS. The molecule has 0 spiro atoms. The molecular formula is C7H15NO2S2. The molecule has 72 valence electrons. The van der Waals surface area contributed by atoms with Crippen LogP contribution in [0.3, 0.4) is 0 Å².